The maximum atomic E-state index is 5.15. The van der Waals surface area contributed by atoms with Crippen molar-refractivity contribution in [2.45, 2.75) is 54.6 Å². The first-order chi connectivity index (χ1) is 7.11. The van der Waals surface area contributed by atoms with Gasteiger partial charge in [-0.15, -0.1) is 0 Å². The summed E-state index contributed by atoms with van der Waals surface area (Å²) < 4.78 is 0. The van der Waals surface area contributed by atoms with Gasteiger partial charge >= 0.3 is 0 Å². The minimum atomic E-state index is 0.138. The molecule has 15 heavy (non-hydrogen) atoms. The van der Waals surface area contributed by atoms with Crippen molar-refractivity contribution in [1.82, 2.24) is 0 Å². The average Bonchev–Trinajstić information content (AvgIpc) is 2.25. The third kappa shape index (κ3) is 9.26. The molecule has 0 rings (SSSR count). The Morgan fingerprint density at radius 3 is 2.07 bits per heavy atom. The Kier molecular flexibility index (Phi) is 12.0. The number of hydrogen-bond donors (Lipinski definition) is 0. The normalized spacial score (nSPS) is 12.8. The molecule has 2 heteroatoms. The summed E-state index contributed by atoms with van der Waals surface area (Å²) in [6.45, 7) is 13.8. The Hall–Kier alpha value is -1.05. The van der Waals surface area contributed by atoms with Crippen molar-refractivity contribution in [2.75, 3.05) is 0 Å². The molecule has 0 fully saturated rings. The van der Waals surface area contributed by atoms with Crippen LogP contribution in [-0.4, -0.2) is 11.8 Å². The monoisotopic (exact) mass is 211 g/mol. The molecule has 0 aliphatic rings. The van der Waals surface area contributed by atoms with Gasteiger partial charge in [-0.3, -0.25) is 0 Å². The summed E-state index contributed by atoms with van der Waals surface area (Å²) in [6.07, 6.45) is 6.16. The van der Waals surface area contributed by atoms with E-state index in [0.29, 0.717) is 0 Å². The minimum absolute atomic E-state index is 0.138. The van der Waals surface area contributed by atoms with Gasteiger partial charge in [-0.1, -0.05) is 37.2 Å². The van der Waals surface area contributed by atoms with E-state index in [-0.39, 0.29) is 6.10 Å². The van der Waals surface area contributed by atoms with Crippen LogP contribution >= 0.6 is 0 Å². The van der Waals surface area contributed by atoms with E-state index in [9.17, 15) is 0 Å². The quantitative estimate of drug-likeness (QED) is 0.385. The average molecular weight is 211 g/mol. The van der Waals surface area contributed by atoms with E-state index in [2.05, 4.69) is 5.16 Å². The molecule has 0 spiro atoms. The zero-order chi connectivity index (χ0) is 12.3. The third-order valence-corrected chi connectivity index (χ3v) is 1.48. The van der Waals surface area contributed by atoms with E-state index in [1.54, 1.807) is 0 Å². The second kappa shape index (κ2) is 11.0. The van der Waals surface area contributed by atoms with E-state index >= 15 is 0 Å². The molecule has 0 radical (unpaired) electrons. The molecule has 2 nitrogen and oxygen atoms in total. The Labute approximate surface area is 94.7 Å². The summed E-state index contributed by atoms with van der Waals surface area (Å²) in [5.41, 5.74) is 2.01. The molecule has 0 aromatic heterocycles. The maximum Gasteiger partial charge on any atom is 0.122 e. The van der Waals surface area contributed by atoms with Gasteiger partial charge in [0.05, 0.1) is 5.71 Å². The maximum absolute atomic E-state index is 5.15. The van der Waals surface area contributed by atoms with Crippen LogP contribution in [0.3, 0.4) is 0 Å². The lowest BCUT2D eigenvalue weighted by Gasteiger charge is -2.04. The van der Waals surface area contributed by atoms with Gasteiger partial charge in [0.25, 0.3) is 0 Å². The first kappa shape index (κ1) is 16.4. The largest absolute Gasteiger partial charge is 0.393 e. The van der Waals surface area contributed by atoms with Gasteiger partial charge in [0.1, 0.15) is 6.10 Å². The van der Waals surface area contributed by atoms with Crippen molar-refractivity contribution in [3.8, 4) is 0 Å². The molecule has 0 saturated carbocycles. The summed E-state index contributed by atoms with van der Waals surface area (Å²) in [4.78, 5) is 5.15. The lowest BCUT2D eigenvalue weighted by molar-refractivity contribution is 0.0860. The zero-order valence-electron chi connectivity index (χ0n) is 11.2. The van der Waals surface area contributed by atoms with Gasteiger partial charge in [0, 0.05) is 0 Å². The molecule has 0 unspecified atom stereocenters. The molecule has 0 aliphatic carbocycles. The highest BCUT2D eigenvalue weighted by atomic mass is 16.6. The van der Waals surface area contributed by atoms with Crippen LogP contribution in [0.5, 0.6) is 0 Å². The molecule has 0 N–H and O–H groups in total. The fourth-order valence-corrected chi connectivity index (χ4v) is 0.842. The minimum Gasteiger partial charge on any atom is -0.393 e. The number of hydrogen-bond acceptors (Lipinski definition) is 2. The van der Waals surface area contributed by atoms with Crippen LogP contribution in [0.15, 0.2) is 29.0 Å². The molecule has 0 heterocycles. The van der Waals surface area contributed by atoms with Crippen LogP contribution in [0.1, 0.15) is 48.5 Å². The number of oxime groups is 1. The molecular formula is C13H25NO. The first-order valence-corrected chi connectivity index (χ1v) is 5.61. The number of nitrogens with zero attached hydrogens (tertiary/aromatic N) is 1. The molecular weight excluding hydrogens is 186 g/mol. The van der Waals surface area contributed by atoms with E-state index < -0.39 is 0 Å². The number of rotatable bonds is 4. The Balaban J connectivity index is 0. The van der Waals surface area contributed by atoms with Gasteiger partial charge in [-0.05, 0) is 40.2 Å². The summed E-state index contributed by atoms with van der Waals surface area (Å²) >= 11 is 0. The van der Waals surface area contributed by atoms with E-state index in [1.807, 2.05) is 66.7 Å². The summed E-state index contributed by atoms with van der Waals surface area (Å²) in [5.74, 6) is 0. The Morgan fingerprint density at radius 1 is 1.20 bits per heavy atom. The van der Waals surface area contributed by atoms with E-state index in [4.69, 9.17) is 4.84 Å². The molecule has 88 valence electrons. The molecule has 0 aromatic rings. The first-order valence-electron chi connectivity index (χ1n) is 5.61. The summed E-state index contributed by atoms with van der Waals surface area (Å²) in [6, 6.07) is 0. The van der Waals surface area contributed by atoms with Crippen molar-refractivity contribution < 1.29 is 4.84 Å². The third-order valence-electron chi connectivity index (χ3n) is 1.48. The van der Waals surface area contributed by atoms with Crippen molar-refractivity contribution in [3.05, 3.63) is 23.8 Å². The standard InChI is InChI=1S/C11H19NO.C2H6/c1-6-8-11(7-2)10(5)12-13-9(3)4;1-2/h6-9H,1-5H3;1-2H3/b8-6-,11-7+,12-10+;. The highest BCUT2D eigenvalue weighted by molar-refractivity contribution is 6.00. The summed E-state index contributed by atoms with van der Waals surface area (Å²) in [5, 5.41) is 4.01. The lowest BCUT2D eigenvalue weighted by Crippen LogP contribution is -2.01. The van der Waals surface area contributed by atoms with Crippen LogP contribution in [0, 0.1) is 0 Å². The second-order valence-corrected chi connectivity index (χ2v) is 3.07. The van der Waals surface area contributed by atoms with Gasteiger partial charge in [0.15, 0.2) is 0 Å². The van der Waals surface area contributed by atoms with E-state index in [1.165, 1.54) is 0 Å². The predicted octanol–water partition coefficient (Wildman–Crippen LogP) is 4.34. The highest BCUT2D eigenvalue weighted by Gasteiger charge is 1.97. The molecule has 0 bridgehead atoms. The SMILES string of the molecule is CC.C\C=C/C(=C\C)C(/C)=N/OC(C)C. The van der Waals surface area contributed by atoms with Gasteiger partial charge in [0.2, 0.25) is 0 Å². The van der Waals surface area contributed by atoms with Crippen molar-refractivity contribution in [2.24, 2.45) is 5.16 Å². The molecule has 0 aromatic carbocycles. The Morgan fingerprint density at radius 2 is 1.73 bits per heavy atom. The molecule has 0 aliphatic heterocycles. The van der Waals surface area contributed by atoms with Crippen LogP contribution in [-0.2, 0) is 4.84 Å². The fraction of sp³-hybridized carbons (Fsp3) is 0.615. The van der Waals surface area contributed by atoms with E-state index in [0.717, 1.165) is 11.3 Å². The topological polar surface area (TPSA) is 21.6 Å². The zero-order valence-corrected chi connectivity index (χ0v) is 11.2. The van der Waals surface area contributed by atoms with Crippen LogP contribution in [0.25, 0.3) is 0 Å². The van der Waals surface area contributed by atoms with Crippen LogP contribution in [0.2, 0.25) is 0 Å². The molecule has 0 amide bonds. The van der Waals surface area contributed by atoms with Crippen molar-refractivity contribution in [3.63, 3.8) is 0 Å². The predicted molar refractivity (Wildman–Crippen MR) is 69.2 cm³/mol. The van der Waals surface area contributed by atoms with Crippen LogP contribution < -0.4 is 0 Å². The van der Waals surface area contributed by atoms with Gasteiger partial charge in [-0.25, -0.2) is 0 Å². The van der Waals surface area contributed by atoms with Crippen molar-refractivity contribution >= 4 is 5.71 Å². The smallest absolute Gasteiger partial charge is 0.122 e. The molecule has 0 saturated heterocycles. The molecule has 0 atom stereocenters. The van der Waals surface area contributed by atoms with Gasteiger partial charge in [-0.2, -0.15) is 0 Å². The summed E-state index contributed by atoms with van der Waals surface area (Å²) in [7, 11) is 0. The highest BCUT2D eigenvalue weighted by Crippen LogP contribution is 2.02. The number of allylic oxidation sites excluding steroid dienone is 4. The Bertz CT molecular complexity index is 225. The van der Waals surface area contributed by atoms with Crippen molar-refractivity contribution in [1.29, 1.82) is 0 Å². The fourth-order valence-electron chi connectivity index (χ4n) is 0.842. The van der Waals surface area contributed by atoms with Gasteiger partial charge < -0.3 is 4.84 Å². The lowest BCUT2D eigenvalue weighted by atomic mass is 10.1. The van der Waals surface area contributed by atoms with Crippen LogP contribution in [0.4, 0.5) is 0 Å². The second-order valence-electron chi connectivity index (χ2n) is 3.07.